The molecule has 0 aliphatic heterocycles. The molecule has 0 aliphatic rings. The molecule has 114 heavy (non-hydrogen) atoms. The third-order valence-electron chi connectivity index (χ3n) is 23.9. The SMILES string of the molecule is CCCCCCCCCCCCCCCC(=O)OC[C@@H](OC(=O)CCCCCCCCCCCCCCC)[C@@H](OC(=O)CCCCCCCCCCCCCCC)[C@H](OC(=O)CCCCCCCCCCCCCCC)[C@@H](COC(=O)CCCCCCCCCCCCCCC)OC(=O)CCCCCCCCCCCCCCC. The van der Waals surface area contributed by atoms with Gasteiger partial charge in [0.1, 0.15) is 13.2 Å². The van der Waals surface area contributed by atoms with Gasteiger partial charge < -0.3 is 28.4 Å². The predicted octanol–water partition coefficient (Wildman–Crippen LogP) is 32.6. The van der Waals surface area contributed by atoms with E-state index in [1.807, 2.05) is 0 Å². The number of rotatable bonds is 95. The summed E-state index contributed by atoms with van der Waals surface area (Å²) in [6, 6.07) is 0. The number of ether oxygens (including phenoxy) is 6. The maximum atomic E-state index is 14.8. The van der Waals surface area contributed by atoms with Gasteiger partial charge in [0, 0.05) is 38.5 Å². The average molecular weight is 1610 g/mol. The van der Waals surface area contributed by atoms with Gasteiger partial charge in [-0.15, -0.1) is 0 Å². The molecule has 0 rings (SSSR count). The molecule has 12 heteroatoms. The number of hydrogen-bond acceptors (Lipinski definition) is 12. The first-order valence-corrected chi connectivity index (χ1v) is 51.2. The van der Waals surface area contributed by atoms with Crippen molar-refractivity contribution in [1.82, 2.24) is 0 Å². The predicted molar refractivity (Wildman–Crippen MR) is 483 cm³/mol. The summed E-state index contributed by atoms with van der Waals surface area (Å²) in [6.45, 7) is 12.6. The van der Waals surface area contributed by atoms with Crippen LogP contribution >= 0.6 is 0 Å². The molecule has 0 aliphatic carbocycles. The summed E-state index contributed by atoms with van der Waals surface area (Å²) >= 11 is 0. The van der Waals surface area contributed by atoms with E-state index >= 15 is 0 Å². The van der Waals surface area contributed by atoms with E-state index in [2.05, 4.69) is 41.5 Å². The summed E-state index contributed by atoms with van der Waals surface area (Å²) in [5, 5.41) is 0. The van der Waals surface area contributed by atoms with Gasteiger partial charge in [0.25, 0.3) is 0 Å². The molecule has 0 amide bonds. The Morgan fingerprint density at radius 2 is 0.263 bits per heavy atom. The van der Waals surface area contributed by atoms with Crippen LogP contribution in [0, 0.1) is 0 Å². The summed E-state index contributed by atoms with van der Waals surface area (Å²) in [4.78, 5) is 86.9. The van der Waals surface area contributed by atoms with Gasteiger partial charge in [-0.25, -0.2) is 0 Å². The molecule has 0 aromatic carbocycles. The minimum atomic E-state index is -1.59. The molecule has 0 radical (unpaired) electrons. The van der Waals surface area contributed by atoms with E-state index in [9.17, 15) is 28.8 Å². The zero-order valence-electron chi connectivity index (χ0n) is 77.0. The van der Waals surface area contributed by atoms with Gasteiger partial charge in [-0.3, -0.25) is 28.8 Å². The van der Waals surface area contributed by atoms with Crippen LogP contribution in [0.25, 0.3) is 0 Å². The minimum Gasteiger partial charge on any atom is -0.462 e. The van der Waals surface area contributed by atoms with Crippen molar-refractivity contribution in [3.8, 4) is 0 Å². The summed E-state index contributed by atoms with van der Waals surface area (Å²) in [7, 11) is 0. The summed E-state index contributed by atoms with van der Waals surface area (Å²) in [5.41, 5.74) is 0. The number of hydrogen-bond donors (Lipinski definition) is 0. The third kappa shape index (κ3) is 81.2. The fraction of sp³-hybridized carbons (Fsp3) is 0.941. The van der Waals surface area contributed by atoms with Crippen molar-refractivity contribution in [3.05, 3.63) is 0 Å². The second kappa shape index (κ2) is 92.1. The Hall–Kier alpha value is -3.18. The molecule has 4 atom stereocenters. The maximum absolute atomic E-state index is 14.8. The number of carbonyl (C=O) groups is 6. The lowest BCUT2D eigenvalue weighted by Gasteiger charge is -2.36. The molecule has 0 saturated heterocycles. The maximum Gasteiger partial charge on any atom is 0.306 e. The van der Waals surface area contributed by atoms with E-state index in [0.29, 0.717) is 38.5 Å². The number of unbranched alkanes of at least 4 members (excludes halogenated alkanes) is 72. The van der Waals surface area contributed by atoms with Crippen molar-refractivity contribution in [3.63, 3.8) is 0 Å². The highest BCUT2D eigenvalue weighted by molar-refractivity contribution is 5.73. The van der Waals surface area contributed by atoms with E-state index in [1.165, 1.54) is 321 Å². The van der Waals surface area contributed by atoms with E-state index in [1.54, 1.807) is 0 Å². The van der Waals surface area contributed by atoms with Crippen molar-refractivity contribution < 1.29 is 57.2 Å². The van der Waals surface area contributed by atoms with Crippen molar-refractivity contribution in [1.29, 1.82) is 0 Å². The fourth-order valence-corrected chi connectivity index (χ4v) is 16.2. The van der Waals surface area contributed by atoms with Crippen LogP contribution in [-0.4, -0.2) is 73.4 Å². The molecule has 12 nitrogen and oxygen atoms in total. The van der Waals surface area contributed by atoms with Crippen LogP contribution in [0.2, 0.25) is 0 Å². The molecule has 0 spiro atoms. The van der Waals surface area contributed by atoms with Gasteiger partial charge in [-0.2, -0.15) is 0 Å². The van der Waals surface area contributed by atoms with Gasteiger partial charge in [0.2, 0.25) is 0 Å². The Morgan fingerprint density at radius 3 is 0.404 bits per heavy atom. The first-order chi connectivity index (χ1) is 56.1. The molecule has 674 valence electrons. The second-order valence-electron chi connectivity index (χ2n) is 35.3. The molecule has 0 unspecified atom stereocenters. The van der Waals surface area contributed by atoms with Gasteiger partial charge in [-0.05, 0) is 38.5 Å². The zero-order chi connectivity index (χ0) is 82.8. The standard InChI is InChI=1S/C102H194O12/c1-7-13-19-25-31-37-43-49-55-61-67-73-79-85-95(103)109-91-93(111-97(105)87-81-75-69-63-57-51-45-39-33-27-21-15-9-3)101(113-99(107)89-83-77-71-65-59-53-47-41-35-29-23-17-11-5)102(114-100(108)90-84-78-72-66-60-54-48-42-36-30-24-18-12-6)94(112-98(106)88-82-76-70-64-58-52-46-40-34-28-22-16-10-4)92-110-96(104)86-80-74-68-62-56-50-44-38-32-26-20-14-8-2/h93-94,101-102H,7-92H2,1-6H3/t93-,94-,101-,102-/m1/s1. The van der Waals surface area contributed by atoms with Crippen LogP contribution in [0.15, 0.2) is 0 Å². The molecule has 0 bridgehead atoms. The zero-order valence-corrected chi connectivity index (χ0v) is 77.0. The van der Waals surface area contributed by atoms with Gasteiger partial charge >= 0.3 is 35.8 Å². The van der Waals surface area contributed by atoms with Gasteiger partial charge in [0.15, 0.2) is 24.4 Å². The van der Waals surface area contributed by atoms with Crippen LogP contribution in [-0.2, 0) is 57.2 Å². The smallest absolute Gasteiger partial charge is 0.306 e. The Morgan fingerprint density at radius 1 is 0.149 bits per heavy atom. The van der Waals surface area contributed by atoms with E-state index < -0.39 is 73.4 Å². The minimum absolute atomic E-state index is 0.0456. The topological polar surface area (TPSA) is 158 Å². The molecule has 0 saturated carbocycles. The molecule has 0 heterocycles. The molecule has 0 aromatic heterocycles. The normalized spacial score (nSPS) is 12.6. The van der Waals surface area contributed by atoms with Crippen LogP contribution in [0.4, 0.5) is 0 Å². The molecular weight excluding hydrogens is 1420 g/mol. The summed E-state index contributed by atoms with van der Waals surface area (Å²) in [5.74, 6) is -3.21. The highest BCUT2D eigenvalue weighted by atomic mass is 16.6. The second-order valence-corrected chi connectivity index (χ2v) is 35.3. The van der Waals surface area contributed by atoms with Crippen molar-refractivity contribution in [2.45, 2.75) is 605 Å². The average Bonchev–Trinajstić information content (AvgIpc) is 0.822. The van der Waals surface area contributed by atoms with Gasteiger partial charge in [-0.1, -0.05) is 504 Å². The van der Waals surface area contributed by atoms with Gasteiger partial charge in [0.05, 0.1) is 0 Å². The van der Waals surface area contributed by atoms with Crippen LogP contribution in [0.3, 0.4) is 0 Å². The quantitative estimate of drug-likeness (QED) is 0.0323. The largest absolute Gasteiger partial charge is 0.462 e. The van der Waals surface area contributed by atoms with Crippen LogP contribution < -0.4 is 0 Å². The Labute approximate surface area is 707 Å². The highest BCUT2D eigenvalue weighted by Gasteiger charge is 2.46. The van der Waals surface area contributed by atoms with Crippen LogP contribution in [0.5, 0.6) is 0 Å². The lowest BCUT2D eigenvalue weighted by atomic mass is 10.0. The third-order valence-corrected chi connectivity index (χ3v) is 23.9. The monoisotopic (exact) mass is 1610 g/mol. The molecule has 0 fully saturated rings. The Balaban J connectivity index is 7.41. The molecular formula is C102H194O12. The number of carbonyl (C=O) groups excluding carboxylic acids is 6. The van der Waals surface area contributed by atoms with Crippen molar-refractivity contribution >= 4 is 35.8 Å². The Bertz CT molecular complexity index is 1890. The molecule has 0 aromatic rings. The fourth-order valence-electron chi connectivity index (χ4n) is 16.2. The van der Waals surface area contributed by atoms with Crippen LogP contribution in [0.1, 0.15) is 581 Å². The Kier molecular flexibility index (Phi) is 89.5. The summed E-state index contributed by atoms with van der Waals surface area (Å²) in [6.07, 6.45) is 84.5. The van der Waals surface area contributed by atoms with Crippen molar-refractivity contribution in [2.75, 3.05) is 13.2 Å². The first-order valence-electron chi connectivity index (χ1n) is 51.2. The van der Waals surface area contributed by atoms with Crippen molar-refractivity contribution in [2.24, 2.45) is 0 Å². The van der Waals surface area contributed by atoms with E-state index in [4.69, 9.17) is 28.4 Å². The first kappa shape index (κ1) is 111. The summed E-state index contributed by atoms with van der Waals surface area (Å²) < 4.78 is 38.5. The lowest BCUT2D eigenvalue weighted by Crippen LogP contribution is -2.54. The molecule has 0 N–H and O–H groups in total. The van der Waals surface area contributed by atoms with E-state index in [0.717, 1.165) is 141 Å². The lowest BCUT2D eigenvalue weighted by molar-refractivity contribution is -0.209. The number of esters is 6. The van der Waals surface area contributed by atoms with E-state index in [-0.39, 0.29) is 38.5 Å². The highest BCUT2D eigenvalue weighted by Crippen LogP contribution is 2.27.